The van der Waals surface area contributed by atoms with Gasteiger partial charge < -0.3 is 15.5 Å². The van der Waals surface area contributed by atoms with Gasteiger partial charge in [0.2, 0.25) is 5.91 Å². The average Bonchev–Trinajstić information content (AvgIpc) is 2.39. The second-order valence-corrected chi connectivity index (χ2v) is 4.70. The maximum absolute atomic E-state index is 11.3. The van der Waals surface area contributed by atoms with Crippen LogP contribution in [0.3, 0.4) is 0 Å². The summed E-state index contributed by atoms with van der Waals surface area (Å²) < 4.78 is 0. The van der Waals surface area contributed by atoms with E-state index in [0.717, 1.165) is 37.6 Å². The van der Waals surface area contributed by atoms with Crippen molar-refractivity contribution < 1.29 is 4.79 Å². The number of rotatable bonds is 2. The van der Waals surface area contributed by atoms with E-state index in [2.05, 4.69) is 9.88 Å². The highest BCUT2D eigenvalue weighted by molar-refractivity contribution is 5.73. The van der Waals surface area contributed by atoms with Crippen molar-refractivity contribution in [2.75, 3.05) is 31.1 Å². The Morgan fingerprint density at radius 1 is 1.39 bits per heavy atom. The number of aromatic nitrogens is 1. The van der Waals surface area contributed by atoms with Gasteiger partial charge in [-0.1, -0.05) is 6.07 Å². The molecule has 2 rings (SSSR count). The Morgan fingerprint density at radius 3 is 2.61 bits per heavy atom. The molecule has 2 N–H and O–H groups in total. The molecule has 0 unspecified atom stereocenters. The number of nitrogens with two attached hydrogens (primary N) is 1. The van der Waals surface area contributed by atoms with E-state index in [1.54, 1.807) is 13.1 Å². The molecule has 5 heteroatoms. The normalized spacial score (nSPS) is 17.7. The number of piperazine rings is 1. The van der Waals surface area contributed by atoms with Gasteiger partial charge in [0, 0.05) is 50.9 Å². The predicted octanol–water partition coefficient (Wildman–Crippen LogP) is 0.770. The monoisotopic (exact) mass is 248 g/mol. The maximum Gasteiger partial charge on any atom is 0.219 e. The molecule has 2 heterocycles. The third kappa shape index (κ3) is 2.61. The van der Waals surface area contributed by atoms with Gasteiger partial charge in [0.05, 0.1) is 0 Å². The third-order valence-corrected chi connectivity index (χ3v) is 3.33. The van der Waals surface area contributed by atoms with Crippen LogP contribution in [0.5, 0.6) is 0 Å². The lowest BCUT2D eigenvalue weighted by Crippen LogP contribution is -2.48. The number of anilines is 1. The fourth-order valence-corrected chi connectivity index (χ4v) is 2.26. The average molecular weight is 248 g/mol. The zero-order valence-corrected chi connectivity index (χ0v) is 11.0. The zero-order chi connectivity index (χ0) is 13.1. The molecule has 0 bridgehead atoms. The molecule has 0 spiro atoms. The molecule has 5 nitrogen and oxygen atoms in total. The molecule has 0 aromatic carbocycles. The molecule has 0 radical (unpaired) electrons. The highest BCUT2D eigenvalue weighted by Crippen LogP contribution is 2.23. The Morgan fingerprint density at radius 2 is 2.06 bits per heavy atom. The fraction of sp³-hybridized carbons (Fsp3) is 0.538. The summed E-state index contributed by atoms with van der Waals surface area (Å²) in [4.78, 5) is 19.8. The van der Waals surface area contributed by atoms with Crippen molar-refractivity contribution in [2.24, 2.45) is 5.73 Å². The minimum atomic E-state index is -0.0282. The summed E-state index contributed by atoms with van der Waals surface area (Å²) >= 11 is 0. The predicted molar refractivity (Wildman–Crippen MR) is 71.3 cm³/mol. The van der Waals surface area contributed by atoms with Crippen LogP contribution in [0.1, 0.15) is 25.5 Å². The first-order valence-electron chi connectivity index (χ1n) is 6.30. The number of carbonyl (C=O) groups excluding carboxylic acids is 1. The van der Waals surface area contributed by atoms with Crippen molar-refractivity contribution >= 4 is 11.7 Å². The number of amides is 1. The summed E-state index contributed by atoms with van der Waals surface area (Å²) in [7, 11) is 0. The van der Waals surface area contributed by atoms with Gasteiger partial charge in [-0.05, 0) is 13.0 Å². The summed E-state index contributed by atoms with van der Waals surface area (Å²) in [5.41, 5.74) is 7.03. The van der Waals surface area contributed by atoms with Crippen LogP contribution in [-0.2, 0) is 4.79 Å². The topological polar surface area (TPSA) is 62.5 Å². The van der Waals surface area contributed by atoms with Crippen molar-refractivity contribution in [1.29, 1.82) is 0 Å². The summed E-state index contributed by atoms with van der Waals surface area (Å²) in [5.74, 6) is 1.10. The molecule has 1 saturated heterocycles. The summed E-state index contributed by atoms with van der Waals surface area (Å²) in [6.45, 7) is 6.72. The highest BCUT2D eigenvalue weighted by atomic mass is 16.2. The van der Waals surface area contributed by atoms with Crippen molar-refractivity contribution in [3.8, 4) is 0 Å². The maximum atomic E-state index is 11.3. The largest absolute Gasteiger partial charge is 0.353 e. The lowest BCUT2D eigenvalue weighted by atomic mass is 10.1. The molecule has 1 aromatic heterocycles. The molecule has 1 amide bonds. The molecule has 1 aliphatic heterocycles. The minimum absolute atomic E-state index is 0.0282. The Balaban J connectivity index is 2.12. The number of pyridine rings is 1. The molecule has 1 atom stereocenters. The van der Waals surface area contributed by atoms with E-state index >= 15 is 0 Å². The summed E-state index contributed by atoms with van der Waals surface area (Å²) in [6, 6.07) is 3.90. The van der Waals surface area contributed by atoms with Gasteiger partial charge in [0.15, 0.2) is 0 Å². The van der Waals surface area contributed by atoms with Crippen LogP contribution in [0.15, 0.2) is 18.3 Å². The Labute approximate surface area is 108 Å². The van der Waals surface area contributed by atoms with Gasteiger partial charge in [-0.25, -0.2) is 4.98 Å². The molecular weight excluding hydrogens is 228 g/mol. The Kier molecular flexibility index (Phi) is 3.81. The van der Waals surface area contributed by atoms with Crippen LogP contribution in [0, 0.1) is 0 Å². The van der Waals surface area contributed by atoms with Gasteiger partial charge in [-0.2, -0.15) is 0 Å². The summed E-state index contributed by atoms with van der Waals surface area (Å²) in [6.07, 6.45) is 1.79. The van der Waals surface area contributed by atoms with Gasteiger partial charge in [0.25, 0.3) is 0 Å². The second-order valence-electron chi connectivity index (χ2n) is 4.70. The van der Waals surface area contributed by atoms with E-state index in [1.807, 2.05) is 24.0 Å². The molecule has 18 heavy (non-hydrogen) atoms. The molecule has 0 saturated carbocycles. The number of hydrogen-bond acceptors (Lipinski definition) is 4. The van der Waals surface area contributed by atoms with E-state index in [1.165, 1.54) is 0 Å². The quantitative estimate of drug-likeness (QED) is 0.839. The molecule has 1 fully saturated rings. The third-order valence-electron chi connectivity index (χ3n) is 3.33. The smallest absolute Gasteiger partial charge is 0.219 e. The van der Waals surface area contributed by atoms with Crippen LogP contribution in [0.2, 0.25) is 0 Å². The minimum Gasteiger partial charge on any atom is -0.353 e. The van der Waals surface area contributed by atoms with Crippen LogP contribution < -0.4 is 10.6 Å². The summed E-state index contributed by atoms with van der Waals surface area (Å²) in [5, 5.41) is 0. The van der Waals surface area contributed by atoms with Crippen LogP contribution in [0.25, 0.3) is 0 Å². The lowest BCUT2D eigenvalue weighted by Gasteiger charge is -2.36. The number of nitrogens with zero attached hydrogens (tertiary/aromatic N) is 3. The molecule has 98 valence electrons. The molecule has 0 aliphatic carbocycles. The van der Waals surface area contributed by atoms with Crippen molar-refractivity contribution in [2.45, 2.75) is 19.9 Å². The van der Waals surface area contributed by atoms with Gasteiger partial charge in [0.1, 0.15) is 5.82 Å². The van der Waals surface area contributed by atoms with Gasteiger partial charge in [-0.3, -0.25) is 4.79 Å². The van der Waals surface area contributed by atoms with E-state index in [0.29, 0.717) is 0 Å². The first-order chi connectivity index (χ1) is 8.59. The Bertz CT molecular complexity index is 425. The highest BCUT2D eigenvalue weighted by Gasteiger charge is 2.21. The number of carbonyl (C=O) groups is 1. The number of hydrogen-bond donors (Lipinski definition) is 1. The van der Waals surface area contributed by atoms with Crippen molar-refractivity contribution in [1.82, 2.24) is 9.88 Å². The van der Waals surface area contributed by atoms with E-state index < -0.39 is 0 Å². The van der Waals surface area contributed by atoms with Crippen LogP contribution in [-0.4, -0.2) is 42.0 Å². The van der Waals surface area contributed by atoms with Crippen molar-refractivity contribution in [3.05, 3.63) is 23.9 Å². The molecule has 1 aromatic rings. The lowest BCUT2D eigenvalue weighted by molar-refractivity contribution is -0.129. The molecule has 1 aliphatic rings. The first-order valence-corrected chi connectivity index (χ1v) is 6.30. The van der Waals surface area contributed by atoms with Gasteiger partial charge >= 0.3 is 0 Å². The van der Waals surface area contributed by atoms with Gasteiger partial charge in [-0.15, -0.1) is 0 Å². The first kappa shape index (κ1) is 12.8. The van der Waals surface area contributed by atoms with Crippen molar-refractivity contribution in [3.63, 3.8) is 0 Å². The van der Waals surface area contributed by atoms with E-state index in [-0.39, 0.29) is 11.9 Å². The standard InChI is InChI=1S/C13H20N4O/c1-10(14)12-4-3-5-15-13(12)17-8-6-16(7-9-17)11(2)18/h3-5,10H,6-9,14H2,1-2H3/t10-/m0/s1. The zero-order valence-electron chi connectivity index (χ0n) is 11.0. The Hall–Kier alpha value is -1.62. The van der Waals surface area contributed by atoms with E-state index in [4.69, 9.17) is 5.73 Å². The molecular formula is C13H20N4O. The SMILES string of the molecule is CC(=O)N1CCN(c2ncccc2[C@H](C)N)CC1. The van der Waals surface area contributed by atoms with Crippen LogP contribution >= 0.6 is 0 Å². The second kappa shape index (κ2) is 5.35. The van der Waals surface area contributed by atoms with E-state index in [9.17, 15) is 4.79 Å². The van der Waals surface area contributed by atoms with Crippen LogP contribution in [0.4, 0.5) is 5.82 Å². The fourth-order valence-electron chi connectivity index (χ4n) is 2.26.